The lowest BCUT2D eigenvalue weighted by Crippen LogP contribution is -2.13. The molecule has 4 rings (SSSR count). The van der Waals surface area contributed by atoms with Crippen molar-refractivity contribution in [1.29, 1.82) is 0 Å². The first kappa shape index (κ1) is 19.1. The van der Waals surface area contributed by atoms with Crippen molar-refractivity contribution in [3.05, 3.63) is 57.2 Å². The van der Waals surface area contributed by atoms with Crippen LogP contribution in [0, 0.1) is 0 Å². The highest BCUT2D eigenvalue weighted by Gasteiger charge is 2.18. The average molecular weight is 434 g/mol. The minimum Gasteiger partial charge on any atom is -0.321 e. The molecule has 0 radical (unpaired) electrons. The van der Waals surface area contributed by atoms with Crippen molar-refractivity contribution in [3.8, 4) is 0 Å². The maximum Gasteiger partial charge on any atom is 0.265 e. The Kier molecular flexibility index (Phi) is 5.47. The third-order valence-corrected chi connectivity index (χ3v) is 7.96. The van der Waals surface area contributed by atoms with Crippen molar-refractivity contribution in [2.24, 2.45) is 0 Å². The molecule has 0 atom stereocenters. The average Bonchev–Trinajstić information content (AvgIpc) is 3.27. The first-order chi connectivity index (χ1) is 13.5. The fourth-order valence-corrected chi connectivity index (χ4v) is 6.07. The SMILES string of the molecule is O=C(Nc1ccc(S(=O)(=O)Nc2nccs2)cc1)c1cc2c(s1)CCCCC2. The number of sulfonamides is 1. The van der Waals surface area contributed by atoms with Gasteiger partial charge in [-0.25, -0.2) is 13.4 Å². The number of hydrogen-bond acceptors (Lipinski definition) is 6. The number of aromatic nitrogens is 1. The van der Waals surface area contributed by atoms with E-state index in [1.54, 1.807) is 28.8 Å². The van der Waals surface area contributed by atoms with Crippen LogP contribution in [0.15, 0.2) is 46.8 Å². The molecule has 0 saturated heterocycles. The summed E-state index contributed by atoms with van der Waals surface area (Å²) in [5, 5.41) is 4.86. The highest BCUT2D eigenvalue weighted by molar-refractivity contribution is 7.93. The van der Waals surface area contributed by atoms with Crippen LogP contribution in [-0.2, 0) is 22.9 Å². The van der Waals surface area contributed by atoms with Crippen LogP contribution in [0.25, 0.3) is 0 Å². The van der Waals surface area contributed by atoms with Crippen LogP contribution in [0.1, 0.15) is 39.4 Å². The Labute approximate surface area is 171 Å². The number of anilines is 2. The lowest BCUT2D eigenvalue weighted by Gasteiger charge is -2.07. The minimum atomic E-state index is -3.70. The Balaban J connectivity index is 1.45. The third kappa shape index (κ3) is 4.26. The van der Waals surface area contributed by atoms with Gasteiger partial charge in [0.2, 0.25) is 0 Å². The van der Waals surface area contributed by atoms with Crippen LogP contribution in [-0.4, -0.2) is 19.3 Å². The van der Waals surface area contributed by atoms with Crippen LogP contribution in [0.2, 0.25) is 0 Å². The van der Waals surface area contributed by atoms with E-state index in [4.69, 9.17) is 0 Å². The number of aryl methyl sites for hydroxylation is 2. The van der Waals surface area contributed by atoms with Gasteiger partial charge in [-0.3, -0.25) is 9.52 Å². The maximum absolute atomic E-state index is 12.6. The van der Waals surface area contributed by atoms with Crippen molar-refractivity contribution < 1.29 is 13.2 Å². The molecular formula is C19H19N3O3S3. The number of hydrogen-bond donors (Lipinski definition) is 2. The van der Waals surface area contributed by atoms with Gasteiger partial charge in [-0.05, 0) is 61.6 Å². The summed E-state index contributed by atoms with van der Waals surface area (Å²) < 4.78 is 27.2. The Morgan fingerprint density at radius 2 is 1.86 bits per heavy atom. The highest BCUT2D eigenvalue weighted by Crippen LogP contribution is 2.29. The van der Waals surface area contributed by atoms with E-state index in [1.165, 1.54) is 59.4 Å². The number of thiophene rings is 1. The van der Waals surface area contributed by atoms with E-state index in [2.05, 4.69) is 15.0 Å². The lowest BCUT2D eigenvalue weighted by molar-refractivity contribution is 0.103. The molecule has 0 bridgehead atoms. The first-order valence-corrected chi connectivity index (χ1v) is 12.1. The van der Waals surface area contributed by atoms with Crippen LogP contribution < -0.4 is 10.0 Å². The van der Waals surface area contributed by atoms with Gasteiger partial charge in [0.15, 0.2) is 5.13 Å². The number of carbonyl (C=O) groups excluding carboxylic acids is 1. The Hall–Kier alpha value is -2.23. The number of fused-ring (bicyclic) bond motifs is 1. The Bertz CT molecular complexity index is 1050. The zero-order chi connectivity index (χ0) is 19.6. The van der Waals surface area contributed by atoms with E-state index < -0.39 is 10.0 Å². The van der Waals surface area contributed by atoms with Gasteiger partial charge in [0.05, 0.1) is 9.77 Å². The second-order valence-electron chi connectivity index (χ2n) is 6.54. The maximum atomic E-state index is 12.6. The van der Waals surface area contributed by atoms with Gasteiger partial charge >= 0.3 is 0 Å². The molecule has 9 heteroatoms. The molecule has 0 aliphatic heterocycles. The quantitative estimate of drug-likeness (QED) is 0.579. The van der Waals surface area contributed by atoms with E-state index in [0.29, 0.717) is 15.7 Å². The van der Waals surface area contributed by atoms with Gasteiger partial charge < -0.3 is 5.32 Å². The van der Waals surface area contributed by atoms with Crippen LogP contribution in [0.3, 0.4) is 0 Å². The lowest BCUT2D eigenvalue weighted by atomic mass is 10.1. The van der Waals surface area contributed by atoms with Crippen LogP contribution in [0.5, 0.6) is 0 Å². The van der Waals surface area contributed by atoms with E-state index in [9.17, 15) is 13.2 Å². The topological polar surface area (TPSA) is 88.2 Å². The van der Waals surface area contributed by atoms with Crippen LogP contribution in [0.4, 0.5) is 10.8 Å². The zero-order valence-electron chi connectivity index (χ0n) is 15.0. The highest BCUT2D eigenvalue weighted by atomic mass is 32.2. The fourth-order valence-electron chi connectivity index (χ4n) is 3.14. The molecule has 0 saturated carbocycles. The van der Waals surface area contributed by atoms with Gasteiger partial charge in [-0.15, -0.1) is 22.7 Å². The largest absolute Gasteiger partial charge is 0.321 e. The number of nitrogens with one attached hydrogen (secondary N) is 2. The molecule has 2 heterocycles. The molecule has 2 N–H and O–H groups in total. The molecule has 0 fully saturated rings. The fraction of sp³-hybridized carbons (Fsp3) is 0.263. The molecule has 0 spiro atoms. The standard InChI is InChI=1S/C19H19N3O3S3/c23-18(17-12-13-4-2-1-3-5-16(13)27-17)21-14-6-8-15(9-7-14)28(24,25)22-19-20-10-11-26-19/h6-12H,1-5H2,(H,20,22)(H,21,23). The molecule has 1 amide bonds. The van der Waals surface area contributed by atoms with Crippen molar-refractivity contribution in [1.82, 2.24) is 4.98 Å². The van der Waals surface area contributed by atoms with Crippen molar-refractivity contribution >= 4 is 49.4 Å². The summed E-state index contributed by atoms with van der Waals surface area (Å²) in [5.74, 6) is -0.158. The Morgan fingerprint density at radius 1 is 1.07 bits per heavy atom. The van der Waals surface area contributed by atoms with E-state index in [1.807, 2.05) is 6.07 Å². The first-order valence-electron chi connectivity index (χ1n) is 8.96. The summed E-state index contributed by atoms with van der Waals surface area (Å²) in [6, 6.07) is 8.11. The second kappa shape index (κ2) is 8.02. The summed E-state index contributed by atoms with van der Waals surface area (Å²) in [4.78, 5) is 18.6. The number of amides is 1. The molecule has 0 unspecified atom stereocenters. The summed E-state index contributed by atoms with van der Waals surface area (Å²) in [6.45, 7) is 0. The summed E-state index contributed by atoms with van der Waals surface area (Å²) in [5.41, 5.74) is 1.85. The van der Waals surface area contributed by atoms with E-state index >= 15 is 0 Å². The van der Waals surface area contributed by atoms with Crippen molar-refractivity contribution in [2.75, 3.05) is 10.0 Å². The normalized spacial score (nSPS) is 14.1. The smallest absolute Gasteiger partial charge is 0.265 e. The molecule has 1 aliphatic carbocycles. The molecule has 6 nitrogen and oxygen atoms in total. The number of nitrogens with zero attached hydrogens (tertiary/aromatic N) is 1. The Morgan fingerprint density at radius 3 is 2.61 bits per heavy atom. The third-order valence-electron chi connectivity index (χ3n) is 4.55. The summed E-state index contributed by atoms with van der Waals surface area (Å²) >= 11 is 2.77. The molecule has 28 heavy (non-hydrogen) atoms. The molecule has 2 aromatic heterocycles. The van der Waals surface area contributed by atoms with Gasteiger partial charge in [-0.2, -0.15) is 0 Å². The van der Waals surface area contributed by atoms with E-state index in [0.717, 1.165) is 12.8 Å². The number of thiazole rings is 1. The molecular weight excluding hydrogens is 414 g/mol. The van der Waals surface area contributed by atoms with Gasteiger partial charge in [-0.1, -0.05) is 6.42 Å². The summed E-state index contributed by atoms with van der Waals surface area (Å²) in [7, 11) is -3.70. The van der Waals surface area contributed by atoms with Crippen molar-refractivity contribution in [3.63, 3.8) is 0 Å². The monoisotopic (exact) mass is 433 g/mol. The summed E-state index contributed by atoms with van der Waals surface area (Å²) in [6.07, 6.45) is 7.22. The molecule has 146 valence electrons. The predicted octanol–water partition coefficient (Wildman–Crippen LogP) is 4.53. The molecule has 3 aromatic rings. The van der Waals surface area contributed by atoms with Gasteiger partial charge in [0.1, 0.15) is 0 Å². The van der Waals surface area contributed by atoms with Crippen LogP contribution >= 0.6 is 22.7 Å². The van der Waals surface area contributed by atoms with Gasteiger partial charge in [0, 0.05) is 22.1 Å². The number of rotatable bonds is 5. The van der Waals surface area contributed by atoms with Crippen molar-refractivity contribution in [2.45, 2.75) is 37.0 Å². The number of benzene rings is 1. The molecule has 1 aromatic carbocycles. The second-order valence-corrected chi connectivity index (χ2v) is 10.3. The predicted molar refractivity (Wildman–Crippen MR) is 113 cm³/mol. The zero-order valence-corrected chi connectivity index (χ0v) is 17.4. The van der Waals surface area contributed by atoms with E-state index in [-0.39, 0.29) is 10.8 Å². The molecule has 1 aliphatic rings. The minimum absolute atomic E-state index is 0.114. The van der Waals surface area contributed by atoms with Gasteiger partial charge in [0.25, 0.3) is 15.9 Å². The number of carbonyl (C=O) groups is 1.